The summed E-state index contributed by atoms with van der Waals surface area (Å²) in [5, 5.41) is 5.40. The molecule has 1 aliphatic heterocycles. The zero-order valence-corrected chi connectivity index (χ0v) is 17.9. The number of hydrogen-bond acceptors (Lipinski definition) is 4. The van der Waals surface area contributed by atoms with Gasteiger partial charge in [0.1, 0.15) is 18.5 Å². The number of rotatable bonds is 6. The van der Waals surface area contributed by atoms with Crippen LogP contribution in [0.15, 0.2) is 48.5 Å². The number of aromatic nitrogens is 2. The Morgan fingerprint density at radius 2 is 2.00 bits per heavy atom. The van der Waals surface area contributed by atoms with E-state index < -0.39 is 29.8 Å². The number of hydrogen-bond donors (Lipinski definition) is 2. The third kappa shape index (κ3) is 5.16. The molecule has 7 nitrogen and oxygen atoms in total. The van der Waals surface area contributed by atoms with E-state index in [1.807, 2.05) is 6.07 Å². The van der Waals surface area contributed by atoms with E-state index >= 15 is 0 Å². The van der Waals surface area contributed by atoms with Crippen LogP contribution in [-0.2, 0) is 27.0 Å². The van der Waals surface area contributed by atoms with Gasteiger partial charge in [-0.1, -0.05) is 18.2 Å². The minimum absolute atomic E-state index is 0.0422. The Kier molecular flexibility index (Phi) is 6.37. The summed E-state index contributed by atoms with van der Waals surface area (Å²) < 4.78 is 46.0. The van der Waals surface area contributed by atoms with Gasteiger partial charge in [0.05, 0.1) is 22.6 Å². The molecule has 2 aromatic carbocycles. The van der Waals surface area contributed by atoms with Crippen LogP contribution >= 0.6 is 0 Å². The summed E-state index contributed by atoms with van der Waals surface area (Å²) in [6, 6.07) is 11.1. The fourth-order valence-electron chi connectivity index (χ4n) is 3.86. The number of carbonyl (C=O) groups excluding carboxylic acids is 2. The van der Waals surface area contributed by atoms with Crippen molar-refractivity contribution in [1.82, 2.24) is 14.9 Å². The minimum atomic E-state index is -4.51. The monoisotopic (exact) mass is 460 g/mol. The Morgan fingerprint density at radius 1 is 1.21 bits per heavy atom. The smallest absolute Gasteiger partial charge is 0.368 e. The Hall–Kier alpha value is -3.40. The lowest BCUT2D eigenvalue weighted by Gasteiger charge is -2.18. The first kappa shape index (κ1) is 22.8. The highest BCUT2D eigenvalue weighted by molar-refractivity contribution is 5.92. The molecule has 0 radical (unpaired) electrons. The van der Waals surface area contributed by atoms with Crippen molar-refractivity contribution in [3.63, 3.8) is 0 Å². The van der Waals surface area contributed by atoms with Crippen molar-refractivity contribution in [3.8, 4) is 0 Å². The molecular formula is C23H23F3N4O3. The fraction of sp³-hybridized carbons (Fsp3) is 0.348. The van der Waals surface area contributed by atoms with Gasteiger partial charge < -0.3 is 19.9 Å². The highest BCUT2D eigenvalue weighted by Crippen LogP contribution is 2.30. The summed E-state index contributed by atoms with van der Waals surface area (Å²) in [5.74, 6) is -0.301. The van der Waals surface area contributed by atoms with Crippen LogP contribution in [-0.4, -0.2) is 34.1 Å². The lowest BCUT2D eigenvalue weighted by molar-refractivity contribution is -0.137. The number of amides is 2. The van der Waals surface area contributed by atoms with Crippen LogP contribution in [0.4, 0.5) is 18.9 Å². The molecule has 0 spiro atoms. The molecule has 1 fully saturated rings. The molecule has 4 rings (SSSR count). The lowest BCUT2D eigenvalue weighted by atomic mass is 10.2. The SMILES string of the molecule is CC(NC(=O)C1CCCO1)c1nc2ccccc2n1CC(=O)Nc1cccc(C(F)(F)F)c1. The number of para-hydroxylation sites is 2. The second-order valence-electron chi connectivity index (χ2n) is 7.90. The summed E-state index contributed by atoms with van der Waals surface area (Å²) in [6.45, 7) is 2.11. The Balaban J connectivity index is 1.55. The molecule has 1 saturated heterocycles. The molecule has 174 valence electrons. The number of benzene rings is 2. The van der Waals surface area contributed by atoms with E-state index in [1.165, 1.54) is 12.1 Å². The van der Waals surface area contributed by atoms with Gasteiger partial charge in [0.25, 0.3) is 0 Å². The number of halogens is 3. The third-order valence-electron chi connectivity index (χ3n) is 5.43. The van der Waals surface area contributed by atoms with Crippen LogP contribution in [0.1, 0.15) is 37.2 Å². The molecule has 33 heavy (non-hydrogen) atoms. The van der Waals surface area contributed by atoms with Crippen LogP contribution in [0.5, 0.6) is 0 Å². The van der Waals surface area contributed by atoms with E-state index in [-0.39, 0.29) is 18.1 Å². The quantitative estimate of drug-likeness (QED) is 0.581. The number of alkyl halides is 3. The average molecular weight is 460 g/mol. The maximum atomic E-state index is 13.0. The minimum Gasteiger partial charge on any atom is -0.368 e. The van der Waals surface area contributed by atoms with Crippen molar-refractivity contribution in [1.29, 1.82) is 0 Å². The van der Waals surface area contributed by atoms with Gasteiger partial charge in [0, 0.05) is 12.3 Å². The normalized spacial score (nSPS) is 17.2. The molecule has 2 heterocycles. The summed E-state index contributed by atoms with van der Waals surface area (Å²) in [5.41, 5.74) is 0.502. The molecule has 0 saturated carbocycles. The molecule has 0 aliphatic carbocycles. The summed E-state index contributed by atoms with van der Waals surface area (Å²) >= 11 is 0. The van der Waals surface area contributed by atoms with Gasteiger partial charge in [-0.05, 0) is 50.1 Å². The van der Waals surface area contributed by atoms with Gasteiger partial charge in [0.15, 0.2) is 0 Å². The van der Waals surface area contributed by atoms with Gasteiger partial charge in [-0.2, -0.15) is 13.2 Å². The largest absolute Gasteiger partial charge is 0.416 e. The van der Waals surface area contributed by atoms with E-state index in [2.05, 4.69) is 15.6 Å². The molecule has 2 N–H and O–H groups in total. The Labute approximate surface area is 187 Å². The van der Waals surface area contributed by atoms with Crippen molar-refractivity contribution < 1.29 is 27.5 Å². The zero-order chi connectivity index (χ0) is 23.6. The molecule has 1 aromatic heterocycles. The topological polar surface area (TPSA) is 85.2 Å². The number of anilines is 1. The van der Waals surface area contributed by atoms with Gasteiger partial charge >= 0.3 is 6.18 Å². The third-order valence-corrected chi connectivity index (χ3v) is 5.43. The number of imidazole rings is 1. The molecule has 2 unspecified atom stereocenters. The lowest BCUT2D eigenvalue weighted by Crippen LogP contribution is -2.37. The van der Waals surface area contributed by atoms with Crippen molar-refractivity contribution in [3.05, 3.63) is 59.9 Å². The first-order chi connectivity index (χ1) is 15.7. The van der Waals surface area contributed by atoms with E-state index in [0.29, 0.717) is 29.9 Å². The maximum absolute atomic E-state index is 13.0. The maximum Gasteiger partial charge on any atom is 0.416 e. The van der Waals surface area contributed by atoms with Gasteiger partial charge in [0.2, 0.25) is 11.8 Å². The zero-order valence-electron chi connectivity index (χ0n) is 17.9. The van der Waals surface area contributed by atoms with Gasteiger partial charge in [-0.25, -0.2) is 4.98 Å². The van der Waals surface area contributed by atoms with Crippen molar-refractivity contribution in [2.24, 2.45) is 0 Å². The van der Waals surface area contributed by atoms with E-state index in [4.69, 9.17) is 4.74 Å². The first-order valence-electron chi connectivity index (χ1n) is 10.6. The molecule has 10 heteroatoms. The van der Waals surface area contributed by atoms with Crippen LogP contribution in [0.2, 0.25) is 0 Å². The number of ether oxygens (including phenoxy) is 1. The molecule has 0 bridgehead atoms. The van der Waals surface area contributed by atoms with Crippen LogP contribution in [0.3, 0.4) is 0 Å². The van der Waals surface area contributed by atoms with Crippen LogP contribution < -0.4 is 10.6 Å². The predicted molar refractivity (Wildman–Crippen MR) is 115 cm³/mol. The van der Waals surface area contributed by atoms with Gasteiger partial charge in [-0.15, -0.1) is 0 Å². The Bertz CT molecular complexity index is 1170. The van der Waals surface area contributed by atoms with Crippen LogP contribution in [0.25, 0.3) is 11.0 Å². The van der Waals surface area contributed by atoms with Crippen molar-refractivity contribution in [2.45, 2.75) is 44.6 Å². The number of nitrogens with zero attached hydrogens (tertiary/aromatic N) is 2. The van der Waals surface area contributed by atoms with Crippen molar-refractivity contribution in [2.75, 3.05) is 11.9 Å². The summed E-state index contributed by atoms with van der Waals surface area (Å²) in [7, 11) is 0. The number of fused-ring (bicyclic) bond motifs is 1. The predicted octanol–water partition coefficient (Wildman–Crippen LogP) is 4.05. The standard InChI is InChI=1S/C23H23F3N4O3/c1-14(27-22(32)19-10-5-11-33-19)21-29-17-8-2-3-9-18(17)30(21)13-20(31)28-16-7-4-6-15(12-16)23(24,25)26/h2-4,6-9,12,14,19H,5,10-11,13H2,1H3,(H,27,32)(H,28,31). The highest BCUT2D eigenvalue weighted by atomic mass is 19.4. The molecule has 1 aliphatic rings. The molecule has 3 aromatic rings. The molecule has 2 amide bonds. The Morgan fingerprint density at radius 3 is 2.73 bits per heavy atom. The second kappa shape index (κ2) is 9.22. The average Bonchev–Trinajstić information content (AvgIpc) is 3.42. The summed E-state index contributed by atoms with van der Waals surface area (Å²) in [4.78, 5) is 29.8. The summed E-state index contributed by atoms with van der Waals surface area (Å²) in [6.07, 6.45) is -3.55. The van der Waals surface area contributed by atoms with Crippen molar-refractivity contribution >= 4 is 28.5 Å². The van der Waals surface area contributed by atoms with E-state index in [0.717, 1.165) is 18.6 Å². The fourth-order valence-corrected chi connectivity index (χ4v) is 3.86. The second-order valence-corrected chi connectivity index (χ2v) is 7.90. The van der Waals surface area contributed by atoms with E-state index in [1.54, 1.807) is 29.7 Å². The van der Waals surface area contributed by atoms with Crippen LogP contribution in [0, 0.1) is 0 Å². The number of nitrogens with one attached hydrogen (secondary N) is 2. The highest BCUT2D eigenvalue weighted by Gasteiger charge is 2.31. The first-order valence-corrected chi connectivity index (χ1v) is 10.6. The molecule has 2 atom stereocenters. The van der Waals surface area contributed by atoms with E-state index in [9.17, 15) is 22.8 Å². The van der Waals surface area contributed by atoms with Gasteiger partial charge in [-0.3, -0.25) is 9.59 Å². The molecular weight excluding hydrogens is 437 g/mol. The number of carbonyl (C=O) groups is 2.